The summed E-state index contributed by atoms with van der Waals surface area (Å²) in [6.07, 6.45) is 1.43. The lowest BCUT2D eigenvalue weighted by Crippen LogP contribution is -2.34. The highest BCUT2D eigenvalue weighted by molar-refractivity contribution is 5.97. The SMILES string of the molecule is CCCN(CCc1cccc(F)c1)C(=O)c1cccc(OC)c1OC. The van der Waals surface area contributed by atoms with Crippen LogP contribution in [0.2, 0.25) is 0 Å². The quantitative estimate of drug-likeness (QED) is 0.727. The molecule has 0 aliphatic carbocycles. The number of rotatable bonds is 8. The van der Waals surface area contributed by atoms with Gasteiger partial charge in [-0.05, 0) is 42.7 Å². The maximum absolute atomic E-state index is 13.3. The molecular formula is C20H24FNO3. The summed E-state index contributed by atoms with van der Waals surface area (Å²) in [5.74, 6) is 0.575. The largest absolute Gasteiger partial charge is 0.493 e. The van der Waals surface area contributed by atoms with Gasteiger partial charge in [-0.15, -0.1) is 0 Å². The van der Waals surface area contributed by atoms with Crippen LogP contribution in [0.5, 0.6) is 11.5 Å². The van der Waals surface area contributed by atoms with Crippen molar-refractivity contribution in [1.29, 1.82) is 0 Å². The second-order valence-corrected chi connectivity index (χ2v) is 5.71. The number of hydrogen-bond acceptors (Lipinski definition) is 3. The number of methoxy groups -OCH3 is 2. The molecule has 0 aromatic heterocycles. The van der Waals surface area contributed by atoms with Crippen LogP contribution >= 0.6 is 0 Å². The van der Waals surface area contributed by atoms with E-state index in [0.29, 0.717) is 36.6 Å². The first-order valence-electron chi connectivity index (χ1n) is 8.35. The first-order valence-corrected chi connectivity index (χ1v) is 8.35. The normalized spacial score (nSPS) is 10.4. The fraction of sp³-hybridized carbons (Fsp3) is 0.350. The van der Waals surface area contributed by atoms with Gasteiger partial charge in [-0.25, -0.2) is 4.39 Å². The van der Waals surface area contributed by atoms with Gasteiger partial charge in [0, 0.05) is 13.1 Å². The van der Waals surface area contributed by atoms with E-state index >= 15 is 0 Å². The number of carbonyl (C=O) groups excluding carboxylic acids is 1. The summed E-state index contributed by atoms with van der Waals surface area (Å²) in [5, 5.41) is 0. The van der Waals surface area contributed by atoms with Gasteiger partial charge in [-0.2, -0.15) is 0 Å². The highest BCUT2D eigenvalue weighted by atomic mass is 19.1. The van der Waals surface area contributed by atoms with E-state index in [4.69, 9.17) is 9.47 Å². The summed E-state index contributed by atoms with van der Waals surface area (Å²) in [5.41, 5.74) is 1.33. The van der Waals surface area contributed by atoms with Crippen molar-refractivity contribution in [3.63, 3.8) is 0 Å². The van der Waals surface area contributed by atoms with Crippen LogP contribution < -0.4 is 9.47 Å². The van der Waals surface area contributed by atoms with Crippen LogP contribution in [0.25, 0.3) is 0 Å². The lowest BCUT2D eigenvalue weighted by Gasteiger charge is -2.23. The Bertz CT molecular complexity index is 718. The van der Waals surface area contributed by atoms with Crippen molar-refractivity contribution in [2.45, 2.75) is 19.8 Å². The minimum Gasteiger partial charge on any atom is -0.493 e. The van der Waals surface area contributed by atoms with Gasteiger partial charge in [0.1, 0.15) is 5.82 Å². The van der Waals surface area contributed by atoms with Crippen LogP contribution in [0.15, 0.2) is 42.5 Å². The van der Waals surface area contributed by atoms with E-state index in [9.17, 15) is 9.18 Å². The highest BCUT2D eigenvalue weighted by Crippen LogP contribution is 2.31. The van der Waals surface area contributed by atoms with E-state index in [0.717, 1.165) is 12.0 Å². The number of nitrogens with zero attached hydrogens (tertiary/aromatic N) is 1. The second-order valence-electron chi connectivity index (χ2n) is 5.71. The van der Waals surface area contributed by atoms with Gasteiger partial charge in [0.25, 0.3) is 5.91 Å². The van der Waals surface area contributed by atoms with Gasteiger partial charge < -0.3 is 14.4 Å². The van der Waals surface area contributed by atoms with Crippen molar-refractivity contribution in [3.05, 3.63) is 59.4 Å². The number of halogens is 1. The Morgan fingerprint density at radius 1 is 1.08 bits per heavy atom. The minimum absolute atomic E-state index is 0.117. The number of benzene rings is 2. The van der Waals surface area contributed by atoms with E-state index < -0.39 is 0 Å². The van der Waals surface area contributed by atoms with Gasteiger partial charge in [-0.3, -0.25) is 4.79 Å². The molecule has 0 fully saturated rings. The van der Waals surface area contributed by atoms with Crippen LogP contribution in [0.1, 0.15) is 29.3 Å². The molecule has 0 aliphatic rings. The molecule has 25 heavy (non-hydrogen) atoms. The Morgan fingerprint density at radius 2 is 1.84 bits per heavy atom. The fourth-order valence-corrected chi connectivity index (χ4v) is 2.77. The Kier molecular flexibility index (Phi) is 6.81. The van der Waals surface area contributed by atoms with E-state index in [1.807, 2.05) is 13.0 Å². The molecule has 0 radical (unpaired) electrons. The maximum Gasteiger partial charge on any atom is 0.257 e. The summed E-state index contributed by atoms with van der Waals surface area (Å²) in [4.78, 5) is 14.8. The Hall–Kier alpha value is -2.56. The summed E-state index contributed by atoms with van der Waals surface area (Å²) in [7, 11) is 3.06. The summed E-state index contributed by atoms with van der Waals surface area (Å²) in [6, 6.07) is 11.7. The van der Waals surface area contributed by atoms with Crippen molar-refractivity contribution in [3.8, 4) is 11.5 Å². The van der Waals surface area contributed by atoms with Crippen LogP contribution in [-0.4, -0.2) is 38.1 Å². The Morgan fingerprint density at radius 3 is 2.48 bits per heavy atom. The Balaban J connectivity index is 2.20. The molecule has 0 heterocycles. The average Bonchev–Trinajstić information content (AvgIpc) is 2.63. The molecule has 0 saturated carbocycles. The van der Waals surface area contributed by atoms with Crippen LogP contribution in [0.3, 0.4) is 0 Å². The molecule has 2 aromatic carbocycles. The summed E-state index contributed by atoms with van der Waals surface area (Å²) >= 11 is 0. The van der Waals surface area contributed by atoms with Gasteiger partial charge in [-0.1, -0.05) is 25.1 Å². The predicted molar refractivity (Wildman–Crippen MR) is 95.8 cm³/mol. The lowest BCUT2D eigenvalue weighted by molar-refractivity contribution is 0.0753. The molecule has 1 amide bonds. The fourth-order valence-electron chi connectivity index (χ4n) is 2.77. The van der Waals surface area contributed by atoms with Gasteiger partial charge in [0.15, 0.2) is 11.5 Å². The molecule has 0 saturated heterocycles. The van der Waals surface area contributed by atoms with E-state index in [1.165, 1.54) is 19.2 Å². The molecule has 0 atom stereocenters. The smallest absolute Gasteiger partial charge is 0.257 e. The summed E-state index contributed by atoms with van der Waals surface area (Å²) in [6.45, 7) is 3.15. The molecule has 0 aliphatic heterocycles. The molecule has 2 aromatic rings. The highest BCUT2D eigenvalue weighted by Gasteiger charge is 2.21. The van der Waals surface area contributed by atoms with E-state index in [-0.39, 0.29) is 11.7 Å². The maximum atomic E-state index is 13.3. The zero-order valence-electron chi connectivity index (χ0n) is 14.9. The van der Waals surface area contributed by atoms with E-state index in [1.54, 1.807) is 36.3 Å². The topological polar surface area (TPSA) is 38.8 Å². The van der Waals surface area contributed by atoms with Crippen LogP contribution in [-0.2, 0) is 6.42 Å². The predicted octanol–water partition coefficient (Wildman–Crippen LogP) is 3.94. The standard InChI is InChI=1S/C20H24FNO3/c1-4-12-22(13-11-15-7-5-8-16(21)14-15)20(23)17-9-6-10-18(24-2)19(17)25-3/h5-10,14H,4,11-13H2,1-3H3. The third kappa shape index (κ3) is 4.72. The molecular weight excluding hydrogens is 321 g/mol. The third-order valence-electron chi connectivity index (χ3n) is 3.97. The lowest BCUT2D eigenvalue weighted by atomic mass is 10.1. The molecule has 134 valence electrons. The zero-order chi connectivity index (χ0) is 18.2. The third-order valence-corrected chi connectivity index (χ3v) is 3.97. The molecule has 4 nitrogen and oxygen atoms in total. The molecule has 0 unspecified atom stereocenters. The van der Waals surface area contributed by atoms with Gasteiger partial charge in [0.05, 0.1) is 19.8 Å². The van der Waals surface area contributed by atoms with Crippen molar-refractivity contribution in [2.75, 3.05) is 27.3 Å². The van der Waals surface area contributed by atoms with Crippen molar-refractivity contribution in [1.82, 2.24) is 4.90 Å². The molecule has 5 heteroatoms. The van der Waals surface area contributed by atoms with Crippen molar-refractivity contribution < 1.29 is 18.7 Å². The number of carbonyl (C=O) groups is 1. The van der Waals surface area contributed by atoms with Crippen LogP contribution in [0.4, 0.5) is 4.39 Å². The van der Waals surface area contributed by atoms with Gasteiger partial charge >= 0.3 is 0 Å². The monoisotopic (exact) mass is 345 g/mol. The Labute approximate surface area is 148 Å². The molecule has 0 bridgehead atoms. The first kappa shape index (κ1) is 18.8. The number of ether oxygens (including phenoxy) is 2. The average molecular weight is 345 g/mol. The molecule has 2 rings (SSSR count). The molecule has 0 spiro atoms. The number of para-hydroxylation sites is 1. The van der Waals surface area contributed by atoms with Gasteiger partial charge in [0.2, 0.25) is 0 Å². The number of amides is 1. The van der Waals surface area contributed by atoms with Crippen molar-refractivity contribution >= 4 is 5.91 Å². The first-order chi connectivity index (χ1) is 12.1. The zero-order valence-corrected chi connectivity index (χ0v) is 14.9. The second kappa shape index (κ2) is 9.06. The molecule has 0 N–H and O–H groups in total. The van der Waals surface area contributed by atoms with Crippen molar-refractivity contribution in [2.24, 2.45) is 0 Å². The number of hydrogen-bond donors (Lipinski definition) is 0. The minimum atomic E-state index is -0.264. The summed E-state index contributed by atoms with van der Waals surface area (Å²) < 4.78 is 24.0. The van der Waals surface area contributed by atoms with Crippen LogP contribution in [0, 0.1) is 5.82 Å². The van der Waals surface area contributed by atoms with E-state index in [2.05, 4.69) is 0 Å².